The van der Waals surface area contributed by atoms with Gasteiger partial charge in [0.25, 0.3) is 0 Å². The molecule has 1 aliphatic rings. The molecule has 3 heteroatoms. The second-order valence-electron chi connectivity index (χ2n) is 6.03. The molecule has 3 nitrogen and oxygen atoms in total. The number of fused-ring (bicyclic) bond motifs is 1. The minimum Gasteiger partial charge on any atom is -0.308 e. The third kappa shape index (κ3) is 3.90. The smallest absolute Gasteiger partial charge is 0.179 e. The van der Waals surface area contributed by atoms with Crippen LogP contribution in [-0.2, 0) is 12.8 Å². The summed E-state index contributed by atoms with van der Waals surface area (Å²) in [5.74, 6) is 0.206. The van der Waals surface area contributed by atoms with E-state index >= 15 is 0 Å². The van der Waals surface area contributed by atoms with Crippen LogP contribution in [0, 0.1) is 0 Å². The maximum absolute atomic E-state index is 12.4. The van der Waals surface area contributed by atoms with E-state index in [1.54, 1.807) is 0 Å². The van der Waals surface area contributed by atoms with Crippen LogP contribution >= 0.6 is 0 Å². The van der Waals surface area contributed by atoms with Crippen LogP contribution in [0.1, 0.15) is 41.3 Å². The highest BCUT2D eigenvalue weighted by atomic mass is 16.1. The standard InChI is InChI=1S/C17H26N2O/c1-13(18-10-11-19(2)3)17(20)16-9-8-14-6-4-5-7-15(14)12-16/h8-9,12-13,18H,4-7,10-11H2,1-3H3. The topological polar surface area (TPSA) is 32.3 Å². The van der Waals surface area contributed by atoms with Gasteiger partial charge >= 0.3 is 0 Å². The van der Waals surface area contributed by atoms with Crippen LogP contribution < -0.4 is 5.32 Å². The Hall–Kier alpha value is -1.19. The fourth-order valence-electron chi connectivity index (χ4n) is 2.73. The van der Waals surface area contributed by atoms with Crippen molar-refractivity contribution in [1.82, 2.24) is 10.2 Å². The van der Waals surface area contributed by atoms with E-state index in [2.05, 4.69) is 22.3 Å². The molecule has 1 unspecified atom stereocenters. The SMILES string of the molecule is CC(NCCN(C)C)C(=O)c1ccc2c(c1)CCCC2. The van der Waals surface area contributed by atoms with Gasteiger partial charge in [0.2, 0.25) is 0 Å². The van der Waals surface area contributed by atoms with Gasteiger partial charge in [-0.2, -0.15) is 0 Å². The molecule has 0 amide bonds. The second kappa shape index (κ2) is 7.00. The molecular formula is C17H26N2O. The lowest BCUT2D eigenvalue weighted by molar-refractivity contribution is 0.0950. The predicted octanol–water partition coefficient (Wildman–Crippen LogP) is 2.29. The summed E-state index contributed by atoms with van der Waals surface area (Å²) in [6.45, 7) is 3.74. The van der Waals surface area contributed by atoms with Gasteiger partial charge in [0.05, 0.1) is 6.04 Å². The van der Waals surface area contributed by atoms with Gasteiger partial charge in [-0.1, -0.05) is 12.1 Å². The molecule has 0 heterocycles. The number of Topliss-reactive ketones (excluding diaryl/α,β-unsaturated/α-hetero) is 1. The van der Waals surface area contributed by atoms with Gasteiger partial charge in [-0.05, 0) is 63.9 Å². The van der Waals surface area contributed by atoms with E-state index in [1.165, 1.54) is 30.4 Å². The maximum atomic E-state index is 12.4. The summed E-state index contributed by atoms with van der Waals surface area (Å²) in [5.41, 5.74) is 3.67. The Morgan fingerprint density at radius 3 is 2.65 bits per heavy atom. The van der Waals surface area contributed by atoms with Gasteiger partial charge in [0.1, 0.15) is 0 Å². The number of aryl methyl sites for hydroxylation is 2. The normalized spacial score (nSPS) is 16.0. The maximum Gasteiger partial charge on any atom is 0.179 e. The van der Waals surface area contributed by atoms with Gasteiger partial charge in [0.15, 0.2) is 5.78 Å². The Kier molecular flexibility index (Phi) is 5.32. The van der Waals surface area contributed by atoms with Crippen LogP contribution in [-0.4, -0.2) is 43.9 Å². The summed E-state index contributed by atoms with van der Waals surface area (Å²) in [6, 6.07) is 6.14. The molecule has 0 spiro atoms. The first-order chi connectivity index (χ1) is 9.58. The van der Waals surface area contributed by atoms with Gasteiger partial charge in [-0.15, -0.1) is 0 Å². The Morgan fingerprint density at radius 2 is 1.95 bits per heavy atom. The summed E-state index contributed by atoms with van der Waals surface area (Å²) < 4.78 is 0. The fraction of sp³-hybridized carbons (Fsp3) is 0.588. The largest absolute Gasteiger partial charge is 0.308 e. The lowest BCUT2D eigenvalue weighted by atomic mass is 9.89. The number of likely N-dealkylation sites (N-methyl/N-ethyl adjacent to an activating group) is 1. The highest BCUT2D eigenvalue weighted by Crippen LogP contribution is 2.22. The zero-order chi connectivity index (χ0) is 14.5. The van der Waals surface area contributed by atoms with Crippen LogP contribution in [0.4, 0.5) is 0 Å². The highest BCUT2D eigenvalue weighted by Gasteiger charge is 2.17. The van der Waals surface area contributed by atoms with E-state index in [0.717, 1.165) is 25.1 Å². The monoisotopic (exact) mass is 274 g/mol. The summed E-state index contributed by atoms with van der Waals surface area (Å²) in [4.78, 5) is 14.5. The number of rotatable bonds is 6. The molecule has 110 valence electrons. The van der Waals surface area contributed by atoms with E-state index in [9.17, 15) is 4.79 Å². The number of ketones is 1. The Morgan fingerprint density at radius 1 is 1.25 bits per heavy atom. The van der Waals surface area contributed by atoms with Gasteiger partial charge in [-0.3, -0.25) is 4.79 Å². The number of benzene rings is 1. The molecule has 20 heavy (non-hydrogen) atoms. The van der Waals surface area contributed by atoms with Crippen molar-refractivity contribution in [3.63, 3.8) is 0 Å². The quantitative estimate of drug-likeness (QED) is 0.808. The van der Waals surface area contributed by atoms with Gasteiger partial charge in [-0.25, -0.2) is 0 Å². The third-order valence-corrected chi connectivity index (χ3v) is 4.04. The summed E-state index contributed by atoms with van der Waals surface area (Å²) in [5, 5.41) is 3.30. The molecule has 1 aromatic rings. The molecule has 0 saturated heterocycles. The van der Waals surface area contributed by atoms with Crippen molar-refractivity contribution in [2.75, 3.05) is 27.2 Å². The van der Waals surface area contributed by atoms with Crippen molar-refractivity contribution in [2.45, 2.75) is 38.6 Å². The van der Waals surface area contributed by atoms with Crippen LogP contribution in [0.25, 0.3) is 0 Å². The van der Waals surface area contributed by atoms with Crippen LogP contribution in [0.2, 0.25) is 0 Å². The number of hydrogen-bond donors (Lipinski definition) is 1. The molecule has 1 aromatic carbocycles. The highest BCUT2D eigenvalue weighted by molar-refractivity contribution is 6.00. The number of carbonyl (C=O) groups excluding carboxylic acids is 1. The van der Waals surface area contributed by atoms with Crippen molar-refractivity contribution >= 4 is 5.78 Å². The minimum atomic E-state index is -0.114. The molecule has 0 saturated carbocycles. The van der Waals surface area contributed by atoms with E-state index < -0.39 is 0 Å². The zero-order valence-corrected chi connectivity index (χ0v) is 12.9. The first kappa shape index (κ1) is 15.2. The third-order valence-electron chi connectivity index (χ3n) is 4.04. The lowest BCUT2D eigenvalue weighted by Gasteiger charge is -2.18. The van der Waals surface area contributed by atoms with Crippen molar-refractivity contribution in [3.8, 4) is 0 Å². The number of hydrogen-bond acceptors (Lipinski definition) is 3. The average molecular weight is 274 g/mol. The molecule has 0 fully saturated rings. The summed E-state index contributed by atoms with van der Waals surface area (Å²) >= 11 is 0. The zero-order valence-electron chi connectivity index (χ0n) is 12.9. The Balaban J connectivity index is 1.98. The number of nitrogens with one attached hydrogen (secondary N) is 1. The molecular weight excluding hydrogens is 248 g/mol. The van der Waals surface area contributed by atoms with Crippen molar-refractivity contribution in [3.05, 3.63) is 34.9 Å². The molecule has 1 N–H and O–H groups in total. The Bertz CT molecular complexity index is 468. The van der Waals surface area contributed by atoms with Crippen molar-refractivity contribution in [1.29, 1.82) is 0 Å². The van der Waals surface area contributed by atoms with E-state index in [-0.39, 0.29) is 11.8 Å². The number of carbonyl (C=O) groups is 1. The summed E-state index contributed by atoms with van der Waals surface area (Å²) in [6.07, 6.45) is 4.82. The predicted molar refractivity (Wildman–Crippen MR) is 83.4 cm³/mol. The van der Waals surface area contributed by atoms with E-state index in [1.807, 2.05) is 27.1 Å². The lowest BCUT2D eigenvalue weighted by Crippen LogP contribution is -2.38. The molecule has 2 rings (SSSR count). The van der Waals surface area contributed by atoms with Crippen LogP contribution in [0.15, 0.2) is 18.2 Å². The fourth-order valence-corrected chi connectivity index (χ4v) is 2.73. The molecule has 0 bridgehead atoms. The van der Waals surface area contributed by atoms with Gasteiger partial charge in [0, 0.05) is 18.7 Å². The first-order valence-corrected chi connectivity index (χ1v) is 7.62. The first-order valence-electron chi connectivity index (χ1n) is 7.62. The average Bonchev–Trinajstić information content (AvgIpc) is 2.45. The molecule has 1 aliphatic carbocycles. The van der Waals surface area contributed by atoms with Crippen LogP contribution in [0.3, 0.4) is 0 Å². The minimum absolute atomic E-state index is 0.114. The van der Waals surface area contributed by atoms with Crippen LogP contribution in [0.5, 0.6) is 0 Å². The van der Waals surface area contributed by atoms with E-state index in [4.69, 9.17) is 0 Å². The van der Waals surface area contributed by atoms with Crippen molar-refractivity contribution in [2.24, 2.45) is 0 Å². The Labute approximate surface area is 122 Å². The molecule has 0 radical (unpaired) electrons. The van der Waals surface area contributed by atoms with Gasteiger partial charge < -0.3 is 10.2 Å². The molecule has 0 aromatic heterocycles. The molecule has 1 atom stereocenters. The number of nitrogens with zero attached hydrogens (tertiary/aromatic N) is 1. The van der Waals surface area contributed by atoms with Crippen molar-refractivity contribution < 1.29 is 4.79 Å². The summed E-state index contributed by atoms with van der Waals surface area (Å²) in [7, 11) is 4.08. The molecule has 0 aliphatic heterocycles. The second-order valence-corrected chi connectivity index (χ2v) is 6.03. The van der Waals surface area contributed by atoms with E-state index in [0.29, 0.717) is 0 Å².